The second kappa shape index (κ2) is 8.04. The number of aliphatic imine (C=N–C) groups is 1. The van der Waals surface area contributed by atoms with Crippen LogP contribution >= 0.6 is 0 Å². The van der Waals surface area contributed by atoms with Gasteiger partial charge < -0.3 is 15.2 Å². The van der Waals surface area contributed by atoms with E-state index >= 15 is 0 Å². The fourth-order valence-corrected chi connectivity index (χ4v) is 2.07. The maximum atomic E-state index is 12.5. The van der Waals surface area contributed by atoms with Crippen LogP contribution in [0.15, 0.2) is 39.8 Å². The minimum Gasteiger partial charge on any atom is -0.359 e. The molecule has 0 unspecified atom stereocenters. The number of alkyl halides is 3. The first-order chi connectivity index (χ1) is 11.8. The lowest BCUT2D eigenvalue weighted by Crippen LogP contribution is -2.36. The summed E-state index contributed by atoms with van der Waals surface area (Å²) in [5.74, 6) is 1.48. The van der Waals surface area contributed by atoms with E-state index in [1.54, 1.807) is 7.05 Å². The van der Waals surface area contributed by atoms with Crippen LogP contribution in [0.3, 0.4) is 0 Å². The van der Waals surface area contributed by atoms with Gasteiger partial charge in [0.25, 0.3) is 0 Å². The van der Waals surface area contributed by atoms with Crippen LogP contribution < -0.4 is 10.6 Å². The zero-order chi connectivity index (χ0) is 18.4. The Labute approximate surface area is 144 Å². The molecule has 1 heterocycles. The van der Waals surface area contributed by atoms with Gasteiger partial charge in [0, 0.05) is 19.7 Å². The Hall–Kier alpha value is -2.51. The van der Waals surface area contributed by atoms with Crippen molar-refractivity contribution in [1.29, 1.82) is 0 Å². The predicted molar refractivity (Wildman–Crippen MR) is 89.1 cm³/mol. The molecule has 0 radical (unpaired) electrons. The van der Waals surface area contributed by atoms with E-state index in [1.807, 2.05) is 19.9 Å². The lowest BCUT2D eigenvalue weighted by Gasteiger charge is -2.11. The summed E-state index contributed by atoms with van der Waals surface area (Å²) in [6.45, 7) is 4.82. The van der Waals surface area contributed by atoms with Gasteiger partial charge in [-0.25, -0.2) is 0 Å². The molecule has 1 aromatic carbocycles. The minimum absolute atomic E-state index is 0.287. The van der Waals surface area contributed by atoms with Crippen LogP contribution in [0.4, 0.5) is 13.2 Å². The molecule has 1 aromatic heterocycles. The number of nitrogens with one attached hydrogen (secondary N) is 2. The highest BCUT2D eigenvalue weighted by atomic mass is 19.4. The Bertz CT molecular complexity index is 705. The molecule has 2 aromatic rings. The molecule has 0 atom stereocenters. The maximum Gasteiger partial charge on any atom is 0.416 e. The van der Waals surface area contributed by atoms with E-state index in [1.165, 1.54) is 12.1 Å². The fourth-order valence-electron chi connectivity index (χ4n) is 2.07. The van der Waals surface area contributed by atoms with Gasteiger partial charge in [0.2, 0.25) is 0 Å². The Balaban J connectivity index is 1.85. The standard InChI is InChI=1S/C17H21F3N4O/c1-11(2)15-8-14(25-24-15)10-23-16(21-3)22-9-12-4-6-13(7-5-12)17(18,19)20/h4-8,11H,9-10H2,1-3H3,(H2,21,22,23). The van der Waals surface area contributed by atoms with Gasteiger partial charge in [-0.1, -0.05) is 31.1 Å². The third-order valence-electron chi connectivity index (χ3n) is 3.56. The van der Waals surface area contributed by atoms with Crippen molar-refractivity contribution in [2.24, 2.45) is 4.99 Å². The molecule has 0 aliphatic rings. The molecule has 136 valence electrons. The quantitative estimate of drug-likeness (QED) is 0.635. The Morgan fingerprint density at radius 2 is 1.80 bits per heavy atom. The van der Waals surface area contributed by atoms with Crippen molar-refractivity contribution in [3.8, 4) is 0 Å². The summed E-state index contributed by atoms with van der Waals surface area (Å²) in [7, 11) is 1.61. The van der Waals surface area contributed by atoms with E-state index in [2.05, 4.69) is 20.8 Å². The van der Waals surface area contributed by atoms with Crippen molar-refractivity contribution in [2.45, 2.75) is 39.0 Å². The van der Waals surface area contributed by atoms with Gasteiger partial charge in [-0.2, -0.15) is 13.2 Å². The average molecular weight is 354 g/mol. The highest BCUT2D eigenvalue weighted by Gasteiger charge is 2.29. The normalized spacial score (nSPS) is 12.5. The monoisotopic (exact) mass is 354 g/mol. The maximum absolute atomic E-state index is 12.5. The van der Waals surface area contributed by atoms with Crippen molar-refractivity contribution >= 4 is 5.96 Å². The summed E-state index contributed by atoms with van der Waals surface area (Å²) in [6.07, 6.45) is -4.32. The molecule has 25 heavy (non-hydrogen) atoms. The Kier molecular flexibility index (Phi) is 6.06. The van der Waals surface area contributed by atoms with Gasteiger partial charge in [0.1, 0.15) is 0 Å². The lowest BCUT2D eigenvalue weighted by molar-refractivity contribution is -0.137. The van der Waals surface area contributed by atoms with Crippen molar-refractivity contribution in [3.05, 3.63) is 52.9 Å². The van der Waals surface area contributed by atoms with Crippen molar-refractivity contribution in [3.63, 3.8) is 0 Å². The number of benzene rings is 1. The smallest absolute Gasteiger partial charge is 0.359 e. The van der Waals surface area contributed by atoms with Crippen LogP contribution in [0.5, 0.6) is 0 Å². The van der Waals surface area contributed by atoms with Crippen LogP contribution in [-0.4, -0.2) is 18.2 Å². The van der Waals surface area contributed by atoms with E-state index < -0.39 is 11.7 Å². The van der Waals surface area contributed by atoms with Crippen LogP contribution in [0.25, 0.3) is 0 Å². The lowest BCUT2D eigenvalue weighted by atomic mass is 10.1. The number of hydrogen-bond donors (Lipinski definition) is 2. The second-order valence-electron chi connectivity index (χ2n) is 5.85. The van der Waals surface area contributed by atoms with E-state index in [4.69, 9.17) is 4.52 Å². The summed E-state index contributed by atoms with van der Waals surface area (Å²) < 4.78 is 42.9. The van der Waals surface area contributed by atoms with Crippen molar-refractivity contribution < 1.29 is 17.7 Å². The molecular formula is C17H21F3N4O. The molecular weight excluding hydrogens is 333 g/mol. The number of rotatable bonds is 5. The highest BCUT2D eigenvalue weighted by molar-refractivity contribution is 5.79. The molecule has 5 nitrogen and oxygen atoms in total. The van der Waals surface area contributed by atoms with Crippen LogP contribution in [0.1, 0.15) is 42.3 Å². The largest absolute Gasteiger partial charge is 0.416 e. The van der Waals surface area contributed by atoms with Crippen LogP contribution in [-0.2, 0) is 19.3 Å². The SMILES string of the molecule is CN=C(NCc1ccc(C(F)(F)F)cc1)NCc1cc(C(C)C)no1. The zero-order valence-corrected chi connectivity index (χ0v) is 14.3. The van der Waals surface area contributed by atoms with Gasteiger partial charge in [0.15, 0.2) is 11.7 Å². The molecule has 2 rings (SSSR count). The number of guanidine groups is 1. The minimum atomic E-state index is -4.32. The molecule has 0 bridgehead atoms. The first-order valence-electron chi connectivity index (χ1n) is 7.85. The predicted octanol–water partition coefficient (Wildman–Crippen LogP) is 3.68. The van der Waals surface area contributed by atoms with Crippen LogP contribution in [0.2, 0.25) is 0 Å². The molecule has 0 aliphatic carbocycles. The number of nitrogens with zero attached hydrogens (tertiary/aromatic N) is 2. The highest BCUT2D eigenvalue weighted by Crippen LogP contribution is 2.29. The molecule has 0 saturated heterocycles. The van der Waals surface area contributed by atoms with E-state index in [9.17, 15) is 13.2 Å². The average Bonchev–Trinajstić information content (AvgIpc) is 3.04. The first kappa shape index (κ1) is 18.8. The molecule has 0 spiro atoms. The number of halogens is 3. The summed E-state index contributed by atoms with van der Waals surface area (Å²) in [6, 6.07) is 6.88. The van der Waals surface area contributed by atoms with Gasteiger partial charge in [-0.3, -0.25) is 4.99 Å². The summed E-state index contributed by atoms with van der Waals surface area (Å²) in [4.78, 5) is 4.07. The number of aromatic nitrogens is 1. The van der Waals surface area contributed by atoms with Crippen molar-refractivity contribution in [2.75, 3.05) is 7.05 Å². The summed E-state index contributed by atoms with van der Waals surface area (Å²) in [5.41, 5.74) is 0.937. The van der Waals surface area contributed by atoms with Gasteiger partial charge in [0.05, 0.1) is 17.8 Å². The number of hydrogen-bond acceptors (Lipinski definition) is 3. The molecule has 2 N–H and O–H groups in total. The zero-order valence-electron chi connectivity index (χ0n) is 14.3. The molecule has 8 heteroatoms. The fraction of sp³-hybridized carbons (Fsp3) is 0.412. The van der Waals surface area contributed by atoms with Crippen LogP contribution in [0, 0.1) is 0 Å². The molecule has 0 aliphatic heterocycles. The van der Waals surface area contributed by atoms with Crippen molar-refractivity contribution in [1.82, 2.24) is 15.8 Å². The van der Waals surface area contributed by atoms with Gasteiger partial charge in [-0.15, -0.1) is 0 Å². The third-order valence-corrected chi connectivity index (χ3v) is 3.56. The van der Waals surface area contributed by atoms with Gasteiger partial charge >= 0.3 is 6.18 Å². The topological polar surface area (TPSA) is 62.5 Å². The Morgan fingerprint density at radius 3 is 2.32 bits per heavy atom. The summed E-state index contributed by atoms with van der Waals surface area (Å²) >= 11 is 0. The molecule has 0 fully saturated rings. The molecule has 0 amide bonds. The van der Waals surface area contributed by atoms with E-state index in [0.29, 0.717) is 24.8 Å². The van der Waals surface area contributed by atoms with E-state index in [-0.39, 0.29) is 5.92 Å². The third kappa shape index (κ3) is 5.51. The van der Waals surface area contributed by atoms with E-state index in [0.717, 1.165) is 23.4 Å². The molecule has 0 saturated carbocycles. The summed E-state index contributed by atoms with van der Waals surface area (Å²) in [5, 5.41) is 10.1. The Morgan fingerprint density at radius 1 is 1.16 bits per heavy atom. The first-order valence-corrected chi connectivity index (χ1v) is 7.85. The second-order valence-corrected chi connectivity index (χ2v) is 5.85. The van der Waals surface area contributed by atoms with Gasteiger partial charge in [-0.05, 0) is 23.6 Å².